The lowest BCUT2D eigenvalue weighted by Crippen LogP contribution is -2.48. The van der Waals surface area contributed by atoms with Crippen molar-refractivity contribution >= 4 is 6.08 Å². The Morgan fingerprint density at radius 3 is 2.54 bits per heavy atom. The predicted molar refractivity (Wildman–Crippen MR) is 111 cm³/mol. The minimum atomic E-state index is 0.452. The number of rotatable bonds is 1. The third kappa shape index (κ3) is 2.40. The second kappa shape index (κ2) is 6.11. The van der Waals surface area contributed by atoms with Gasteiger partial charge in [-0.1, -0.05) is 73.9 Å². The minimum absolute atomic E-state index is 0.452. The summed E-state index contributed by atoms with van der Waals surface area (Å²) < 4.78 is 0. The molecule has 3 fully saturated rings. The van der Waals surface area contributed by atoms with Crippen LogP contribution >= 0.6 is 0 Å². The van der Waals surface area contributed by atoms with Gasteiger partial charge in [0, 0.05) is 0 Å². The Balaban J connectivity index is 1.47. The fourth-order valence-corrected chi connectivity index (χ4v) is 7.53. The quantitative estimate of drug-likeness (QED) is 0.464. The average molecular weight is 347 g/mol. The van der Waals surface area contributed by atoms with Crippen LogP contribution in [0, 0.1) is 28.6 Å². The van der Waals surface area contributed by atoms with Crippen LogP contribution in [0.15, 0.2) is 47.6 Å². The van der Waals surface area contributed by atoms with Gasteiger partial charge in [-0.15, -0.1) is 0 Å². The summed E-state index contributed by atoms with van der Waals surface area (Å²) >= 11 is 0. The predicted octanol–water partition coefficient (Wildman–Crippen LogP) is 7.42. The van der Waals surface area contributed by atoms with E-state index < -0.39 is 0 Å². The fourth-order valence-electron chi connectivity index (χ4n) is 7.53. The molecule has 0 amide bonds. The molecule has 0 bridgehead atoms. The van der Waals surface area contributed by atoms with Gasteiger partial charge < -0.3 is 0 Å². The Kier molecular flexibility index (Phi) is 3.96. The zero-order valence-corrected chi connectivity index (χ0v) is 16.6. The monoisotopic (exact) mass is 346 g/mol. The Hall–Kier alpha value is -1.30. The molecule has 0 spiro atoms. The van der Waals surface area contributed by atoms with Crippen LogP contribution in [-0.4, -0.2) is 0 Å². The first kappa shape index (κ1) is 16.8. The summed E-state index contributed by atoms with van der Waals surface area (Å²) in [6.07, 6.45) is 18.0. The van der Waals surface area contributed by atoms with Gasteiger partial charge in [0.05, 0.1) is 0 Å². The van der Waals surface area contributed by atoms with E-state index in [2.05, 4.69) is 56.3 Å². The summed E-state index contributed by atoms with van der Waals surface area (Å²) in [6.45, 7) is 5.24. The molecule has 3 saturated carbocycles. The molecule has 0 heterocycles. The third-order valence-electron chi connectivity index (χ3n) is 9.01. The van der Waals surface area contributed by atoms with Crippen molar-refractivity contribution in [2.45, 2.75) is 71.6 Å². The summed E-state index contributed by atoms with van der Waals surface area (Å²) in [5.74, 6) is 2.80. The average Bonchev–Trinajstić information content (AvgIpc) is 2.98. The van der Waals surface area contributed by atoms with Crippen molar-refractivity contribution in [1.29, 1.82) is 0 Å². The number of hydrogen-bond donors (Lipinski definition) is 0. The van der Waals surface area contributed by atoms with Crippen molar-refractivity contribution in [3.05, 3.63) is 53.1 Å². The van der Waals surface area contributed by atoms with Crippen LogP contribution in [0.5, 0.6) is 0 Å². The largest absolute Gasteiger partial charge is 0.0845 e. The van der Waals surface area contributed by atoms with Crippen molar-refractivity contribution in [2.75, 3.05) is 0 Å². The highest BCUT2D eigenvalue weighted by molar-refractivity contribution is 5.55. The van der Waals surface area contributed by atoms with Crippen LogP contribution in [-0.2, 0) is 0 Å². The summed E-state index contributed by atoms with van der Waals surface area (Å²) in [7, 11) is 0. The first-order chi connectivity index (χ1) is 12.6. The van der Waals surface area contributed by atoms with Gasteiger partial charge >= 0.3 is 0 Å². The molecule has 1 aromatic rings. The van der Waals surface area contributed by atoms with Crippen LogP contribution in [0.25, 0.3) is 6.08 Å². The second-order valence-corrected chi connectivity index (χ2v) is 10.0. The van der Waals surface area contributed by atoms with Crippen LogP contribution in [0.3, 0.4) is 0 Å². The molecule has 0 radical (unpaired) electrons. The van der Waals surface area contributed by atoms with Gasteiger partial charge in [-0.3, -0.25) is 0 Å². The maximum absolute atomic E-state index is 2.70. The molecule has 5 atom stereocenters. The van der Waals surface area contributed by atoms with Crippen molar-refractivity contribution in [1.82, 2.24) is 0 Å². The Morgan fingerprint density at radius 1 is 0.885 bits per heavy atom. The van der Waals surface area contributed by atoms with Crippen LogP contribution in [0.4, 0.5) is 0 Å². The van der Waals surface area contributed by atoms with Gasteiger partial charge in [0.25, 0.3) is 0 Å². The molecule has 0 saturated heterocycles. The summed E-state index contributed by atoms with van der Waals surface area (Å²) in [4.78, 5) is 0. The lowest BCUT2D eigenvalue weighted by Gasteiger charge is -2.57. The van der Waals surface area contributed by atoms with Gasteiger partial charge in [-0.05, 0) is 85.5 Å². The highest BCUT2D eigenvalue weighted by Gasteiger charge is 2.56. The topological polar surface area (TPSA) is 0 Å². The molecule has 4 aliphatic rings. The summed E-state index contributed by atoms with van der Waals surface area (Å²) in [5.41, 5.74) is 5.97. The van der Waals surface area contributed by atoms with E-state index in [9.17, 15) is 0 Å². The van der Waals surface area contributed by atoms with Crippen molar-refractivity contribution in [2.24, 2.45) is 28.6 Å². The van der Waals surface area contributed by atoms with E-state index in [0.717, 1.165) is 17.8 Å². The molecule has 5 rings (SSSR count). The molecule has 0 unspecified atom stereocenters. The fraction of sp³-hybridized carbons (Fsp3) is 0.615. The lowest BCUT2D eigenvalue weighted by atomic mass is 9.48. The maximum atomic E-state index is 2.70. The first-order valence-electron chi connectivity index (χ1n) is 11.1. The van der Waals surface area contributed by atoms with Gasteiger partial charge in [0.15, 0.2) is 0 Å². The summed E-state index contributed by atoms with van der Waals surface area (Å²) in [6, 6.07) is 11.0. The number of benzene rings is 1. The van der Waals surface area contributed by atoms with Gasteiger partial charge in [-0.25, -0.2) is 0 Å². The first-order valence-corrected chi connectivity index (χ1v) is 11.1. The molecule has 0 N–H and O–H groups in total. The molecule has 138 valence electrons. The number of allylic oxidation sites excluding steroid dienone is 3. The highest BCUT2D eigenvalue weighted by atomic mass is 14.6. The van der Waals surface area contributed by atoms with Crippen molar-refractivity contribution in [3.63, 3.8) is 0 Å². The summed E-state index contributed by atoms with van der Waals surface area (Å²) in [5, 5.41) is 0. The molecule has 0 heteroatoms. The van der Waals surface area contributed by atoms with Gasteiger partial charge in [-0.2, -0.15) is 0 Å². The molecule has 0 nitrogen and oxygen atoms in total. The normalized spacial score (nSPS) is 43.4. The zero-order chi connectivity index (χ0) is 17.8. The van der Waals surface area contributed by atoms with E-state index in [1.165, 1.54) is 63.4 Å². The second-order valence-electron chi connectivity index (χ2n) is 10.0. The van der Waals surface area contributed by atoms with E-state index in [1.54, 1.807) is 5.57 Å². The number of fused-ring (bicyclic) bond motifs is 5. The molecule has 4 aliphatic carbocycles. The maximum Gasteiger partial charge on any atom is -0.00817 e. The SMILES string of the molecule is C[C@]12CCCCC1=CC[C@@H]1[C@H]2CC[C@]2(C)C(=Cc3ccccc3)CC[C@@H]12. The van der Waals surface area contributed by atoms with E-state index in [-0.39, 0.29) is 0 Å². The van der Waals surface area contributed by atoms with E-state index in [4.69, 9.17) is 0 Å². The zero-order valence-electron chi connectivity index (χ0n) is 16.6. The lowest BCUT2D eigenvalue weighted by molar-refractivity contribution is -0.0133. The molecule has 26 heavy (non-hydrogen) atoms. The van der Waals surface area contributed by atoms with Gasteiger partial charge in [0.1, 0.15) is 0 Å². The Morgan fingerprint density at radius 2 is 1.69 bits per heavy atom. The van der Waals surface area contributed by atoms with Crippen LogP contribution < -0.4 is 0 Å². The Labute approximate surface area is 159 Å². The van der Waals surface area contributed by atoms with E-state index in [0.29, 0.717) is 10.8 Å². The highest BCUT2D eigenvalue weighted by Crippen LogP contribution is 2.66. The molecule has 0 aromatic heterocycles. The molecular formula is C26H34. The number of hydrogen-bond acceptors (Lipinski definition) is 0. The van der Waals surface area contributed by atoms with E-state index >= 15 is 0 Å². The van der Waals surface area contributed by atoms with Crippen LogP contribution in [0.1, 0.15) is 77.2 Å². The van der Waals surface area contributed by atoms with Crippen molar-refractivity contribution < 1.29 is 0 Å². The third-order valence-corrected chi connectivity index (χ3v) is 9.01. The molecule has 0 aliphatic heterocycles. The smallest absolute Gasteiger partial charge is 0.00817 e. The minimum Gasteiger partial charge on any atom is -0.0845 e. The van der Waals surface area contributed by atoms with Gasteiger partial charge in [0.2, 0.25) is 0 Å². The van der Waals surface area contributed by atoms with Crippen LogP contribution in [0.2, 0.25) is 0 Å². The molecular weight excluding hydrogens is 312 g/mol. The van der Waals surface area contributed by atoms with E-state index in [1.807, 2.05) is 5.57 Å². The molecule has 1 aromatic carbocycles. The Bertz CT molecular complexity index is 739. The van der Waals surface area contributed by atoms with Crippen molar-refractivity contribution in [3.8, 4) is 0 Å². The standard InChI is InChI=1S/C26H34/c1-25-16-7-6-10-20(25)11-13-22-23-14-12-21(18-19-8-4-3-5-9-19)26(23,2)17-15-24(22)25/h3-5,8-9,11,18,22-24H,6-7,10,12-17H2,1-2H3/t22-,23-,24+,25-,26+/m0/s1.